The van der Waals surface area contributed by atoms with Gasteiger partial charge in [-0.1, -0.05) is 0 Å². The molecule has 1 atom stereocenters. The van der Waals surface area contributed by atoms with Gasteiger partial charge in [-0.3, -0.25) is 0 Å². The molecule has 4 nitrogen and oxygen atoms in total. The largest absolute Gasteiger partial charge is 0.339 e. The predicted molar refractivity (Wildman–Crippen MR) is 64.0 cm³/mol. The lowest BCUT2D eigenvalue weighted by molar-refractivity contribution is 0.315. The molecule has 0 bridgehead atoms. The van der Waals surface area contributed by atoms with Gasteiger partial charge in [-0.25, -0.2) is 9.97 Å². The Morgan fingerprint density at radius 2 is 2.07 bits per heavy atom. The number of anilines is 1. The zero-order chi connectivity index (χ0) is 10.8. The third-order valence-electron chi connectivity index (χ3n) is 2.78. The van der Waals surface area contributed by atoms with Crippen LogP contribution in [-0.4, -0.2) is 48.1 Å². The highest BCUT2D eigenvalue weighted by atomic mass is 79.9. The van der Waals surface area contributed by atoms with Crippen LogP contribution in [-0.2, 0) is 0 Å². The molecule has 1 aromatic rings. The van der Waals surface area contributed by atoms with Crippen molar-refractivity contribution >= 4 is 21.9 Å². The second-order valence-electron chi connectivity index (χ2n) is 4.05. The van der Waals surface area contributed by atoms with E-state index in [4.69, 9.17) is 0 Å². The molecule has 1 aliphatic heterocycles. The fourth-order valence-corrected chi connectivity index (χ4v) is 2.02. The predicted octanol–water partition coefficient (Wildman–Crippen LogP) is 1.38. The van der Waals surface area contributed by atoms with E-state index in [-0.39, 0.29) is 0 Å². The average molecular weight is 271 g/mol. The summed E-state index contributed by atoms with van der Waals surface area (Å²) in [4.78, 5) is 13.1. The van der Waals surface area contributed by atoms with Gasteiger partial charge in [0.05, 0.1) is 4.47 Å². The number of nitrogens with zero attached hydrogens (tertiary/aromatic N) is 4. The molecule has 1 aromatic heterocycles. The van der Waals surface area contributed by atoms with Crippen molar-refractivity contribution in [3.63, 3.8) is 0 Å². The van der Waals surface area contributed by atoms with Crippen LogP contribution in [0.25, 0.3) is 0 Å². The molecular formula is C10H15BrN4. The molecule has 0 aromatic carbocycles. The summed E-state index contributed by atoms with van der Waals surface area (Å²) in [6.07, 6.45) is 4.78. The van der Waals surface area contributed by atoms with Crippen LogP contribution in [0.1, 0.15) is 6.42 Å². The molecule has 0 N–H and O–H groups in total. The summed E-state index contributed by atoms with van der Waals surface area (Å²) in [7, 11) is 4.24. The van der Waals surface area contributed by atoms with Crippen molar-refractivity contribution in [3.05, 3.63) is 16.9 Å². The fraction of sp³-hybridized carbons (Fsp3) is 0.600. The molecule has 15 heavy (non-hydrogen) atoms. The van der Waals surface area contributed by atoms with Crippen LogP contribution >= 0.6 is 15.9 Å². The highest BCUT2D eigenvalue weighted by molar-refractivity contribution is 9.10. The SMILES string of the molecule is CN(C)C1CCN(c2ncc(Br)cn2)C1. The van der Waals surface area contributed by atoms with Gasteiger partial charge in [0.15, 0.2) is 0 Å². The molecule has 0 saturated carbocycles. The molecule has 1 unspecified atom stereocenters. The van der Waals surface area contributed by atoms with Gasteiger partial charge in [0.1, 0.15) is 0 Å². The van der Waals surface area contributed by atoms with E-state index in [0.29, 0.717) is 6.04 Å². The fourth-order valence-electron chi connectivity index (χ4n) is 1.81. The number of aromatic nitrogens is 2. The van der Waals surface area contributed by atoms with Crippen LogP contribution < -0.4 is 4.90 Å². The molecule has 2 rings (SSSR count). The smallest absolute Gasteiger partial charge is 0.225 e. The monoisotopic (exact) mass is 270 g/mol. The van der Waals surface area contributed by atoms with E-state index >= 15 is 0 Å². The Labute approximate surface area is 98.4 Å². The molecule has 1 aliphatic rings. The third-order valence-corrected chi connectivity index (χ3v) is 3.19. The first kappa shape index (κ1) is 10.8. The summed E-state index contributed by atoms with van der Waals surface area (Å²) in [5.41, 5.74) is 0. The molecular weight excluding hydrogens is 256 g/mol. The maximum atomic E-state index is 4.30. The molecule has 0 aliphatic carbocycles. The van der Waals surface area contributed by atoms with Crippen molar-refractivity contribution in [2.45, 2.75) is 12.5 Å². The molecule has 0 radical (unpaired) electrons. The van der Waals surface area contributed by atoms with Gasteiger partial charge < -0.3 is 9.80 Å². The van der Waals surface area contributed by atoms with Gasteiger partial charge in [-0.15, -0.1) is 0 Å². The zero-order valence-electron chi connectivity index (χ0n) is 9.02. The molecule has 5 heteroatoms. The second-order valence-corrected chi connectivity index (χ2v) is 4.97. The van der Waals surface area contributed by atoms with Crippen LogP contribution in [0.3, 0.4) is 0 Å². The van der Waals surface area contributed by atoms with Crippen molar-refractivity contribution in [1.82, 2.24) is 14.9 Å². The van der Waals surface area contributed by atoms with Gasteiger partial charge in [-0.2, -0.15) is 0 Å². The lowest BCUT2D eigenvalue weighted by Crippen LogP contribution is -2.32. The van der Waals surface area contributed by atoms with E-state index in [1.807, 2.05) is 0 Å². The van der Waals surface area contributed by atoms with Gasteiger partial charge in [0.25, 0.3) is 0 Å². The molecule has 1 saturated heterocycles. The Balaban J connectivity index is 2.04. The zero-order valence-corrected chi connectivity index (χ0v) is 10.6. The van der Waals surface area contributed by atoms with Crippen LogP contribution in [0, 0.1) is 0 Å². The van der Waals surface area contributed by atoms with Crippen LogP contribution in [0.4, 0.5) is 5.95 Å². The summed E-state index contributed by atoms with van der Waals surface area (Å²) in [5.74, 6) is 0.836. The molecule has 0 amide bonds. The highest BCUT2D eigenvalue weighted by Gasteiger charge is 2.25. The summed E-state index contributed by atoms with van der Waals surface area (Å²) in [6, 6.07) is 0.622. The lowest BCUT2D eigenvalue weighted by atomic mass is 10.2. The molecule has 0 spiro atoms. The average Bonchev–Trinajstić information content (AvgIpc) is 2.68. The van der Waals surface area contributed by atoms with Gasteiger partial charge in [-0.05, 0) is 36.4 Å². The number of hydrogen-bond acceptors (Lipinski definition) is 4. The summed E-state index contributed by atoms with van der Waals surface area (Å²) >= 11 is 3.34. The van der Waals surface area contributed by atoms with Crippen molar-refractivity contribution in [2.75, 3.05) is 32.1 Å². The van der Waals surface area contributed by atoms with E-state index in [9.17, 15) is 0 Å². The van der Waals surface area contributed by atoms with E-state index < -0.39 is 0 Å². The van der Waals surface area contributed by atoms with Crippen molar-refractivity contribution in [1.29, 1.82) is 0 Å². The number of likely N-dealkylation sites (N-methyl/N-ethyl adjacent to an activating group) is 1. The van der Waals surface area contributed by atoms with Crippen LogP contribution in [0.15, 0.2) is 16.9 Å². The maximum absolute atomic E-state index is 4.30. The maximum Gasteiger partial charge on any atom is 0.225 e. The standard InChI is InChI=1S/C10H15BrN4/c1-14(2)9-3-4-15(7-9)10-12-5-8(11)6-13-10/h5-6,9H,3-4,7H2,1-2H3. The van der Waals surface area contributed by atoms with E-state index in [1.165, 1.54) is 6.42 Å². The van der Waals surface area contributed by atoms with Crippen LogP contribution in [0.5, 0.6) is 0 Å². The first-order chi connectivity index (χ1) is 7.16. The Morgan fingerprint density at radius 3 is 2.60 bits per heavy atom. The van der Waals surface area contributed by atoms with E-state index in [0.717, 1.165) is 23.5 Å². The van der Waals surface area contributed by atoms with Gasteiger partial charge in [0.2, 0.25) is 5.95 Å². The summed E-state index contributed by atoms with van der Waals surface area (Å²) in [5, 5.41) is 0. The lowest BCUT2D eigenvalue weighted by Gasteiger charge is -2.20. The number of halogens is 1. The highest BCUT2D eigenvalue weighted by Crippen LogP contribution is 2.18. The van der Waals surface area contributed by atoms with E-state index in [1.54, 1.807) is 12.4 Å². The quantitative estimate of drug-likeness (QED) is 0.813. The minimum absolute atomic E-state index is 0.622. The minimum Gasteiger partial charge on any atom is -0.339 e. The molecule has 1 fully saturated rings. The van der Waals surface area contributed by atoms with E-state index in [2.05, 4.69) is 49.8 Å². The number of rotatable bonds is 2. The first-order valence-corrected chi connectivity index (χ1v) is 5.85. The Kier molecular flexibility index (Phi) is 3.21. The normalized spacial score (nSPS) is 21.3. The second kappa shape index (κ2) is 4.45. The van der Waals surface area contributed by atoms with Crippen molar-refractivity contribution in [3.8, 4) is 0 Å². The third kappa shape index (κ3) is 2.46. The molecule has 82 valence electrons. The van der Waals surface area contributed by atoms with Crippen molar-refractivity contribution in [2.24, 2.45) is 0 Å². The van der Waals surface area contributed by atoms with Crippen LogP contribution in [0.2, 0.25) is 0 Å². The Hall–Kier alpha value is -0.680. The van der Waals surface area contributed by atoms with Gasteiger partial charge in [0, 0.05) is 31.5 Å². The Morgan fingerprint density at radius 1 is 1.40 bits per heavy atom. The minimum atomic E-state index is 0.622. The van der Waals surface area contributed by atoms with Gasteiger partial charge >= 0.3 is 0 Å². The first-order valence-electron chi connectivity index (χ1n) is 5.06. The summed E-state index contributed by atoms with van der Waals surface area (Å²) in [6.45, 7) is 2.07. The van der Waals surface area contributed by atoms with Crippen molar-refractivity contribution < 1.29 is 0 Å². The summed E-state index contributed by atoms with van der Waals surface area (Å²) < 4.78 is 0.926. The number of hydrogen-bond donors (Lipinski definition) is 0. The molecule has 2 heterocycles. The topological polar surface area (TPSA) is 32.3 Å². The Bertz CT molecular complexity index is 325.